The van der Waals surface area contributed by atoms with E-state index in [1.54, 1.807) is 17.9 Å². The van der Waals surface area contributed by atoms with Crippen molar-refractivity contribution in [1.82, 2.24) is 4.90 Å². The number of fused-ring (bicyclic) bond motifs is 1. The Labute approximate surface area is 145 Å². The molecule has 2 aromatic rings. The summed E-state index contributed by atoms with van der Waals surface area (Å²) in [7, 11) is 0. The predicted octanol–water partition coefficient (Wildman–Crippen LogP) is 4.18. The number of carbonyl (C=O) groups is 1. The summed E-state index contributed by atoms with van der Waals surface area (Å²) in [6.45, 7) is 2.41. The van der Waals surface area contributed by atoms with Gasteiger partial charge in [0.15, 0.2) is 22.5 Å². The second-order valence-corrected chi connectivity index (χ2v) is 6.85. The minimum Gasteiger partial charge on any atom is -0.415 e. The van der Waals surface area contributed by atoms with Crippen molar-refractivity contribution in [3.05, 3.63) is 51.4 Å². The van der Waals surface area contributed by atoms with E-state index in [-0.39, 0.29) is 18.9 Å². The van der Waals surface area contributed by atoms with Crippen LogP contribution >= 0.6 is 11.3 Å². The number of ether oxygens (including phenoxy) is 1. The Morgan fingerprint density at radius 1 is 1.20 bits per heavy atom. The Bertz CT molecular complexity index is 821. The summed E-state index contributed by atoms with van der Waals surface area (Å²) in [5.41, 5.74) is 0.411. The van der Waals surface area contributed by atoms with Crippen LogP contribution in [0, 0.1) is 23.3 Å². The monoisotopic (exact) mass is 373 g/mol. The van der Waals surface area contributed by atoms with Crippen molar-refractivity contribution in [1.29, 1.82) is 0 Å². The zero-order chi connectivity index (χ0) is 18.1. The van der Waals surface area contributed by atoms with E-state index in [1.807, 2.05) is 0 Å². The van der Waals surface area contributed by atoms with Gasteiger partial charge in [-0.2, -0.15) is 0 Å². The minimum atomic E-state index is -1.67. The predicted molar refractivity (Wildman–Crippen MR) is 84.3 cm³/mol. The van der Waals surface area contributed by atoms with Gasteiger partial charge >= 0.3 is 5.97 Å². The fourth-order valence-corrected chi connectivity index (χ4v) is 3.73. The lowest BCUT2D eigenvalue weighted by atomic mass is 10.1. The summed E-state index contributed by atoms with van der Waals surface area (Å²) in [6, 6.07) is 2.09. The molecule has 0 unspecified atom stereocenters. The van der Waals surface area contributed by atoms with Crippen LogP contribution in [-0.2, 0) is 24.3 Å². The molecule has 25 heavy (non-hydrogen) atoms. The van der Waals surface area contributed by atoms with Crippen molar-refractivity contribution in [2.75, 3.05) is 6.54 Å². The van der Waals surface area contributed by atoms with E-state index in [0.717, 1.165) is 10.4 Å². The van der Waals surface area contributed by atoms with Crippen molar-refractivity contribution < 1.29 is 27.1 Å². The summed E-state index contributed by atoms with van der Waals surface area (Å²) in [5.74, 6) is -6.14. The van der Waals surface area contributed by atoms with Crippen molar-refractivity contribution in [2.45, 2.75) is 32.9 Å². The van der Waals surface area contributed by atoms with Crippen LogP contribution < -0.4 is 4.74 Å². The van der Waals surface area contributed by atoms with Crippen LogP contribution in [-0.4, -0.2) is 17.4 Å². The van der Waals surface area contributed by atoms with E-state index >= 15 is 0 Å². The summed E-state index contributed by atoms with van der Waals surface area (Å²) >= 11 is 1.37. The van der Waals surface area contributed by atoms with Gasteiger partial charge in [0.1, 0.15) is 5.82 Å². The van der Waals surface area contributed by atoms with E-state index in [0.29, 0.717) is 30.6 Å². The molecule has 0 spiro atoms. The SMILES string of the molecule is CCC(=O)Oc1cc2c(s1)CCN(Cc1c(F)cc(F)c(F)c1F)C2. The van der Waals surface area contributed by atoms with Crippen LogP contribution in [0.5, 0.6) is 5.06 Å². The number of thiophene rings is 1. The number of nitrogens with zero attached hydrogens (tertiary/aromatic N) is 1. The standard InChI is InChI=1S/C17H15F4NO2S/c1-2-14(23)24-15-5-9-7-22(4-3-13(9)25-15)8-10-11(18)6-12(19)17(21)16(10)20/h5-6H,2-4,7-8H2,1H3. The Hall–Kier alpha value is -1.93. The van der Waals surface area contributed by atoms with E-state index in [4.69, 9.17) is 4.74 Å². The maximum atomic E-state index is 13.8. The molecule has 2 heterocycles. The summed E-state index contributed by atoms with van der Waals surface area (Å²) in [5, 5.41) is 0.490. The molecule has 0 bridgehead atoms. The van der Waals surface area contributed by atoms with Crippen LogP contribution in [0.4, 0.5) is 17.6 Å². The normalized spacial score (nSPS) is 14.4. The first-order valence-electron chi connectivity index (χ1n) is 7.75. The van der Waals surface area contributed by atoms with Gasteiger partial charge < -0.3 is 4.74 Å². The molecule has 0 fully saturated rings. The highest BCUT2D eigenvalue weighted by Gasteiger charge is 2.25. The lowest BCUT2D eigenvalue weighted by Crippen LogP contribution is -2.30. The fraction of sp³-hybridized carbons (Fsp3) is 0.353. The first-order chi connectivity index (χ1) is 11.9. The van der Waals surface area contributed by atoms with Crippen molar-refractivity contribution in [3.63, 3.8) is 0 Å². The first kappa shape index (κ1) is 17.9. The van der Waals surface area contributed by atoms with E-state index < -0.39 is 28.8 Å². The van der Waals surface area contributed by atoms with Crippen molar-refractivity contribution >= 4 is 17.3 Å². The molecule has 1 aliphatic rings. The Morgan fingerprint density at radius 3 is 2.68 bits per heavy atom. The highest BCUT2D eigenvalue weighted by atomic mass is 32.1. The van der Waals surface area contributed by atoms with Crippen LogP contribution in [0.2, 0.25) is 0 Å². The van der Waals surface area contributed by atoms with Gasteiger partial charge in [-0.3, -0.25) is 9.69 Å². The number of benzene rings is 1. The molecule has 0 N–H and O–H groups in total. The smallest absolute Gasteiger partial charge is 0.311 e. The molecule has 0 radical (unpaired) electrons. The Kier molecular flexibility index (Phi) is 5.10. The van der Waals surface area contributed by atoms with Crippen LogP contribution in [0.15, 0.2) is 12.1 Å². The third kappa shape index (κ3) is 3.69. The molecule has 0 aliphatic carbocycles. The number of esters is 1. The van der Waals surface area contributed by atoms with Gasteiger partial charge in [0.25, 0.3) is 0 Å². The zero-order valence-electron chi connectivity index (χ0n) is 13.4. The average molecular weight is 373 g/mol. The number of halogens is 4. The fourth-order valence-electron chi connectivity index (χ4n) is 2.71. The topological polar surface area (TPSA) is 29.5 Å². The van der Waals surface area contributed by atoms with Gasteiger partial charge in [-0.05, 0) is 18.1 Å². The Balaban J connectivity index is 1.76. The third-order valence-electron chi connectivity index (χ3n) is 4.02. The number of rotatable bonds is 4. The maximum absolute atomic E-state index is 13.8. The largest absolute Gasteiger partial charge is 0.415 e. The van der Waals surface area contributed by atoms with Gasteiger partial charge in [-0.1, -0.05) is 6.92 Å². The van der Waals surface area contributed by atoms with Crippen molar-refractivity contribution in [3.8, 4) is 5.06 Å². The Morgan fingerprint density at radius 2 is 1.96 bits per heavy atom. The highest BCUT2D eigenvalue weighted by Crippen LogP contribution is 2.34. The molecule has 0 atom stereocenters. The molecule has 0 saturated heterocycles. The van der Waals surface area contributed by atoms with E-state index in [2.05, 4.69) is 0 Å². The first-order valence-corrected chi connectivity index (χ1v) is 8.57. The van der Waals surface area contributed by atoms with Crippen LogP contribution in [0.3, 0.4) is 0 Å². The van der Waals surface area contributed by atoms with Crippen LogP contribution in [0.1, 0.15) is 29.3 Å². The molecule has 1 aromatic carbocycles. The summed E-state index contributed by atoms with van der Waals surface area (Å²) in [6.07, 6.45) is 0.889. The minimum absolute atomic E-state index is 0.172. The zero-order valence-corrected chi connectivity index (χ0v) is 14.2. The number of carbonyl (C=O) groups excluding carboxylic acids is 1. The van der Waals surface area contributed by atoms with Crippen LogP contribution in [0.25, 0.3) is 0 Å². The van der Waals surface area contributed by atoms with Gasteiger partial charge in [0.2, 0.25) is 0 Å². The average Bonchev–Trinajstić information content (AvgIpc) is 2.98. The van der Waals surface area contributed by atoms with Crippen molar-refractivity contribution in [2.24, 2.45) is 0 Å². The quantitative estimate of drug-likeness (QED) is 0.349. The third-order valence-corrected chi connectivity index (χ3v) is 5.13. The number of hydrogen-bond acceptors (Lipinski definition) is 4. The lowest BCUT2D eigenvalue weighted by molar-refractivity contribution is -0.133. The van der Waals surface area contributed by atoms with Gasteiger partial charge in [0, 0.05) is 42.6 Å². The highest BCUT2D eigenvalue weighted by molar-refractivity contribution is 7.14. The van der Waals surface area contributed by atoms with Gasteiger partial charge in [-0.25, -0.2) is 17.6 Å². The molecule has 3 nitrogen and oxygen atoms in total. The molecule has 3 rings (SSSR count). The summed E-state index contributed by atoms with van der Waals surface area (Å²) < 4.78 is 59.2. The second-order valence-electron chi connectivity index (χ2n) is 5.75. The maximum Gasteiger partial charge on any atom is 0.311 e. The molecule has 134 valence electrons. The molecule has 1 aromatic heterocycles. The molecule has 8 heteroatoms. The molecule has 1 aliphatic heterocycles. The molecule has 0 saturated carbocycles. The van der Waals surface area contributed by atoms with Gasteiger partial charge in [-0.15, -0.1) is 11.3 Å². The molecular formula is C17H15F4NO2S. The summed E-state index contributed by atoms with van der Waals surface area (Å²) in [4.78, 5) is 14.1. The number of hydrogen-bond donors (Lipinski definition) is 0. The molecular weight excluding hydrogens is 358 g/mol. The lowest BCUT2D eigenvalue weighted by Gasteiger charge is -2.27. The van der Waals surface area contributed by atoms with E-state index in [9.17, 15) is 22.4 Å². The van der Waals surface area contributed by atoms with Gasteiger partial charge in [0.05, 0.1) is 0 Å². The molecule has 0 amide bonds. The van der Waals surface area contributed by atoms with E-state index in [1.165, 1.54) is 11.3 Å². The second kappa shape index (κ2) is 7.13.